The van der Waals surface area contributed by atoms with Crippen molar-refractivity contribution in [3.8, 4) is 0 Å². The Morgan fingerprint density at radius 1 is 0.808 bits per heavy atom. The third-order valence-electron chi connectivity index (χ3n) is 2.72. The molecule has 2 aliphatic rings. The molecule has 26 heavy (non-hydrogen) atoms. The fourth-order valence-corrected chi connectivity index (χ4v) is 1.24. The minimum absolute atomic E-state index is 0.167. The molecule has 2 aliphatic carbocycles. The third kappa shape index (κ3) is 31.4. The SMILES string of the molecule is CC(C)O.CC(C)O.CC1=C(C)C[C-]=C1.CC1=C(C)C[C-]=C1.C[C](C)=[Hf+2]. The van der Waals surface area contributed by atoms with Crippen LogP contribution in [0.25, 0.3) is 0 Å². The molecule has 2 nitrogen and oxygen atoms in total. The van der Waals surface area contributed by atoms with Gasteiger partial charge in [-0.1, -0.05) is 13.8 Å². The van der Waals surface area contributed by atoms with E-state index < -0.39 is 0 Å². The van der Waals surface area contributed by atoms with Gasteiger partial charge in [-0.15, -0.1) is 26.7 Å². The predicted molar refractivity (Wildman–Crippen MR) is 113 cm³/mol. The molecule has 0 unspecified atom stereocenters. The average Bonchev–Trinajstić information content (AvgIpc) is 2.98. The Hall–Kier alpha value is -0.380. The molecule has 0 saturated heterocycles. The van der Waals surface area contributed by atoms with Gasteiger partial charge in [-0.2, -0.15) is 11.1 Å². The zero-order valence-electron chi connectivity index (χ0n) is 18.6. The molecule has 2 N–H and O–H groups in total. The summed E-state index contributed by atoms with van der Waals surface area (Å²) in [4.78, 5) is 0. The molecule has 0 fully saturated rings. The van der Waals surface area contributed by atoms with Crippen molar-refractivity contribution in [2.75, 3.05) is 0 Å². The molecule has 0 aromatic carbocycles. The summed E-state index contributed by atoms with van der Waals surface area (Å²) in [6, 6.07) is 0. The van der Waals surface area contributed by atoms with Gasteiger partial charge in [-0.3, -0.25) is 12.2 Å². The van der Waals surface area contributed by atoms with Crippen LogP contribution >= 0.6 is 0 Å². The third-order valence-corrected chi connectivity index (χ3v) is 2.72. The van der Waals surface area contributed by atoms with Gasteiger partial charge in [0.1, 0.15) is 0 Å². The molecule has 0 heterocycles. The van der Waals surface area contributed by atoms with Crippen LogP contribution in [0.1, 0.15) is 82.1 Å². The van der Waals surface area contributed by atoms with Crippen molar-refractivity contribution >= 4 is 3.26 Å². The first-order valence-corrected chi connectivity index (χ1v) is 10.9. The standard InChI is InChI=1S/2C7H9.2C3H8O.C3H6.Hf/c2*1-6-4-3-5-7(6)2;2*1-3(2)4;1-3-2;/h2*4H,5H2,1-2H3;2*3-4H,1-2H3;1-2H3;/q2*-1;;;;+2. The first-order chi connectivity index (χ1) is 11.8. The number of aliphatic hydroxyl groups excluding tert-OH is 2. The summed E-state index contributed by atoms with van der Waals surface area (Å²) in [6.07, 6.45) is 12.1. The van der Waals surface area contributed by atoms with Crippen LogP contribution in [0.5, 0.6) is 0 Å². The van der Waals surface area contributed by atoms with Crippen molar-refractivity contribution in [2.24, 2.45) is 0 Å². The van der Waals surface area contributed by atoms with Gasteiger partial charge in [0.15, 0.2) is 0 Å². The Labute approximate surface area is 177 Å². The maximum absolute atomic E-state index is 8.06. The van der Waals surface area contributed by atoms with E-state index in [2.05, 4.69) is 65.8 Å². The van der Waals surface area contributed by atoms with E-state index in [9.17, 15) is 0 Å². The summed E-state index contributed by atoms with van der Waals surface area (Å²) in [6.45, 7) is 19.7. The second-order valence-electron chi connectivity index (χ2n) is 7.16. The van der Waals surface area contributed by atoms with Gasteiger partial charge in [-0.05, 0) is 27.7 Å². The van der Waals surface area contributed by atoms with Crippen LogP contribution in [-0.4, -0.2) is 25.7 Å². The second kappa shape index (κ2) is 19.4. The average molecular weight is 527 g/mol. The van der Waals surface area contributed by atoms with Crippen molar-refractivity contribution in [2.45, 2.75) is 94.3 Å². The molecule has 0 aromatic heterocycles. The molecule has 0 amide bonds. The Morgan fingerprint density at radius 3 is 1.04 bits per heavy atom. The molecule has 0 aromatic rings. The molecular weight excluding hydrogens is 487 g/mol. The van der Waals surface area contributed by atoms with Crippen molar-refractivity contribution in [1.29, 1.82) is 0 Å². The van der Waals surface area contributed by atoms with E-state index in [1.807, 2.05) is 0 Å². The molecule has 0 spiro atoms. The fraction of sp³-hybridized carbons (Fsp3) is 0.609. The van der Waals surface area contributed by atoms with Crippen LogP contribution in [0.4, 0.5) is 0 Å². The van der Waals surface area contributed by atoms with E-state index in [1.54, 1.807) is 31.0 Å². The summed E-state index contributed by atoms with van der Waals surface area (Å²) in [5.41, 5.74) is 5.69. The molecule has 0 radical (unpaired) electrons. The monoisotopic (exact) mass is 528 g/mol. The molecule has 2 rings (SSSR count). The van der Waals surface area contributed by atoms with Gasteiger partial charge in [-0.25, -0.2) is 23.3 Å². The molecule has 0 aliphatic heterocycles. The quantitative estimate of drug-likeness (QED) is 0.314. The zero-order valence-corrected chi connectivity index (χ0v) is 22.2. The van der Waals surface area contributed by atoms with Gasteiger partial charge >= 0.3 is 41.0 Å². The van der Waals surface area contributed by atoms with Crippen LogP contribution in [0, 0.1) is 12.2 Å². The number of hydrogen-bond donors (Lipinski definition) is 2. The summed E-state index contributed by atoms with van der Waals surface area (Å²) < 4.78 is 1.56. The summed E-state index contributed by atoms with van der Waals surface area (Å²) >= 11 is 1.27. The number of rotatable bonds is 0. The van der Waals surface area contributed by atoms with E-state index in [1.165, 1.54) is 46.2 Å². The van der Waals surface area contributed by atoms with Gasteiger partial charge in [0.25, 0.3) is 0 Å². The molecule has 0 bridgehead atoms. The van der Waals surface area contributed by atoms with Gasteiger partial charge in [0.2, 0.25) is 0 Å². The topological polar surface area (TPSA) is 40.5 Å². The van der Waals surface area contributed by atoms with E-state index >= 15 is 0 Å². The Balaban J connectivity index is -0.000000264. The molecule has 0 saturated carbocycles. The van der Waals surface area contributed by atoms with Crippen LogP contribution < -0.4 is 0 Å². The number of aliphatic hydroxyl groups is 2. The Bertz CT molecular complexity index is 443. The summed E-state index contributed by atoms with van der Waals surface area (Å²) in [5.74, 6) is 0. The minimum atomic E-state index is -0.167. The van der Waals surface area contributed by atoms with E-state index in [0.717, 1.165) is 12.8 Å². The van der Waals surface area contributed by atoms with E-state index in [-0.39, 0.29) is 12.2 Å². The first-order valence-electron chi connectivity index (χ1n) is 9.14. The van der Waals surface area contributed by atoms with Crippen LogP contribution in [0.15, 0.2) is 34.4 Å². The molecule has 0 atom stereocenters. The second-order valence-corrected chi connectivity index (χ2v) is 10.8. The van der Waals surface area contributed by atoms with Crippen molar-refractivity contribution < 1.29 is 34.1 Å². The van der Waals surface area contributed by atoms with Crippen molar-refractivity contribution in [3.63, 3.8) is 0 Å². The Kier molecular flexibility index (Phi) is 22.6. The van der Waals surface area contributed by atoms with Crippen molar-refractivity contribution in [1.82, 2.24) is 0 Å². The molecular formula is C23H40HfO2. The van der Waals surface area contributed by atoms with Gasteiger partial charge in [0.05, 0.1) is 0 Å². The first kappa shape index (κ1) is 30.4. The van der Waals surface area contributed by atoms with Crippen LogP contribution in [0.3, 0.4) is 0 Å². The summed E-state index contributed by atoms with van der Waals surface area (Å²) in [5, 5.41) is 16.1. The van der Waals surface area contributed by atoms with Crippen LogP contribution in [0.2, 0.25) is 0 Å². The number of allylic oxidation sites excluding steroid dienone is 8. The van der Waals surface area contributed by atoms with Gasteiger partial charge < -0.3 is 10.2 Å². The normalized spacial score (nSPS) is 14.2. The molecule has 148 valence electrons. The van der Waals surface area contributed by atoms with Crippen molar-refractivity contribution in [3.05, 3.63) is 46.6 Å². The predicted octanol–water partition coefficient (Wildman–Crippen LogP) is 5.69. The zero-order chi connectivity index (χ0) is 21.3. The Morgan fingerprint density at radius 2 is 1.00 bits per heavy atom. The maximum atomic E-state index is 8.06. The van der Waals surface area contributed by atoms with E-state index in [0.29, 0.717) is 0 Å². The van der Waals surface area contributed by atoms with Crippen LogP contribution in [-0.2, 0) is 23.9 Å². The number of hydrogen-bond acceptors (Lipinski definition) is 2. The fourth-order valence-electron chi connectivity index (χ4n) is 1.24. The molecule has 3 heteroatoms. The van der Waals surface area contributed by atoms with Gasteiger partial charge in [0, 0.05) is 12.2 Å². The van der Waals surface area contributed by atoms with E-state index in [4.69, 9.17) is 10.2 Å². The summed E-state index contributed by atoms with van der Waals surface area (Å²) in [7, 11) is 0.